The van der Waals surface area contributed by atoms with E-state index in [9.17, 15) is 9.59 Å². The van der Waals surface area contributed by atoms with Crippen molar-refractivity contribution in [2.75, 3.05) is 13.2 Å². The van der Waals surface area contributed by atoms with Gasteiger partial charge in [-0.15, -0.1) is 0 Å². The van der Waals surface area contributed by atoms with Gasteiger partial charge in [0, 0.05) is 13.1 Å². The maximum atomic E-state index is 13.1. The second-order valence-electron chi connectivity index (χ2n) is 7.12. The van der Waals surface area contributed by atoms with Crippen molar-refractivity contribution in [2.45, 2.75) is 46.7 Å². The number of hydrogen-bond acceptors (Lipinski definition) is 3. The highest BCUT2D eigenvalue weighted by Crippen LogP contribution is 2.24. The number of halogens is 2. The molecule has 7 heteroatoms. The lowest BCUT2D eigenvalue weighted by Gasteiger charge is -2.30. The molecule has 1 unspecified atom stereocenters. The van der Waals surface area contributed by atoms with Gasteiger partial charge in [0.15, 0.2) is 6.61 Å². The third kappa shape index (κ3) is 6.38. The van der Waals surface area contributed by atoms with Crippen molar-refractivity contribution in [3.8, 4) is 5.75 Å². The molecule has 0 spiro atoms. The Morgan fingerprint density at radius 3 is 2.37 bits per heavy atom. The summed E-state index contributed by atoms with van der Waals surface area (Å²) in [5.41, 5.74) is 3.02. The van der Waals surface area contributed by atoms with Crippen LogP contribution in [-0.4, -0.2) is 35.9 Å². The molecule has 0 aliphatic heterocycles. The van der Waals surface area contributed by atoms with Crippen molar-refractivity contribution < 1.29 is 14.3 Å². The van der Waals surface area contributed by atoms with E-state index < -0.39 is 6.04 Å². The molecule has 0 aliphatic rings. The van der Waals surface area contributed by atoms with Gasteiger partial charge in [0.2, 0.25) is 5.91 Å². The molecule has 1 N–H and O–H groups in total. The third-order valence-corrected chi connectivity index (χ3v) is 5.65. The minimum atomic E-state index is -0.616. The van der Waals surface area contributed by atoms with E-state index in [2.05, 4.69) is 5.32 Å². The topological polar surface area (TPSA) is 58.6 Å². The number of rotatable bonds is 9. The number of ether oxygens (including phenoxy) is 1. The van der Waals surface area contributed by atoms with Gasteiger partial charge in [0.25, 0.3) is 5.91 Å². The van der Waals surface area contributed by atoms with Crippen LogP contribution in [0.3, 0.4) is 0 Å². The molecule has 1 atom stereocenters. The Morgan fingerprint density at radius 2 is 1.77 bits per heavy atom. The van der Waals surface area contributed by atoms with E-state index >= 15 is 0 Å². The van der Waals surface area contributed by atoms with Crippen molar-refractivity contribution >= 4 is 35.0 Å². The monoisotopic (exact) mass is 450 g/mol. The zero-order chi connectivity index (χ0) is 22.3. The Hall–Kier alpha value is -2.24. The lowest BCUT2D eigenvalue weighted by Crippen LogP contribution is -2.50. The minimum absolute atomic E-state index is 0.167. The van der Waals surface area contributed by atoms with E-state index in [1.54, 1.807) is 18.2 Å². The van der Waals surface area contributed by atoms with E-state index in [0.717, 1.165) is 16.7 Å². The predicted octanol–water partition coefficient (Wildman–Crippen LogP) is 4.93. The first-order valence-electron chi connectivity index (χ1n) is 9.97. The number of nitrogens with one attached hydrogen (secondary N) is 1. The number of amides is 2. The molecule has 0 saturated heterocycles. The van der Waals surface area contributed by atoms with Crippen molar-refractivity contribution in [1.82, 2.24) is 10.2 Å². The lowest BCUT2D eigenvalue weighted by atomic mass is 10.1. The van der Waals surface area contributed by atoms with Crippen molar-refractivity contribution in [1.29, 1.82) is 0 Å². The van der Waals surface area contributed by atoms with Crippen LogP contribution < -0.4 is 10.1 Å². The summed E-state index contributed by atoms with van der Waals surface area (Å²) in [5.74, 6) is 0.143. The fourth-order valence-corrected chi connectivity index (χ4v) is 3.40. The summed E-state index contributed by atoms with van der Waals surface area (Å²) in [5, 5.41) is 3.64. The van der Waals surface area contributed by atoms with Crippen molar-refractivity contribution in [3.05, 3.63) is 63.1 Å². The smallest absolute Gasteiger partial charge is 0.261 e. The first-order chi connectivity index (χ1) is 14.3. The normalized spacial score (nSPS) is 11.7. The molecule has 0 aliphatic carbocycles. The fourth-order valence-electron chi connectivity index (χ4n) is 3.08. The summed E-state index contributed by atoms with van der Waals surface area (Å²) in [7, 11) is 0. The number of carbonyl (C=O) groups is 2. The number of hydrogen-bond donors (Lipinski definition) is 1. The molecule has 30 heavy (non-hydrogen) atoms. The number of carbonyl (C=O) groups excluding carboxylic acids is 2. The number of benzene rings is 2. The highest BCUT2D eigenvalue weighted by Gasteiger charge is 2.28. The molecule has 2 rings (SSSR count). The molecular formula is C23H28Cl2N2O3. The molecule has 2 aromatic carbocycles. The molecule has 0 aromatic heterocycles. The Bertz CT molecular complexity index is 902. The SMILES string of the molecule is CCNC(=O)C(CC)N(Cc1ccc(Cl)c(Cl)c1)C(=O)COc1ccc(C)c(C)c1. The van der Waals surface area contributed by atoms with Gasteiger partial charge in [0.1, 0.15) is 11.8 Å². The van der Waals surface area contributed by atoms with E-state index in [0.29, 0.717) is 28.8 Å². The van der Waals surface area contributed by atoms with Crippen LogP contribution in [0.5, 0.6) is 5.75 Å². The standard InChI is InChI=1S/C23H28Cl2N2O3/c1-5-21(23(29)26-6-2)27(13-17-8-10-19(24)20(25)12-17)22(28)14-30-18-9-7-15(3)16(4)11-18/h7-12,21H,5-6,13-14H2,1-4H3,(H,26,29). The first kappa shape index (κ1) is 24.0. The summed E-state index contributed by atoms with van der Waals surface area (Å²) >= 11 is 12.1. The Labute approximate surface area is 188 Å². The summed E-state index contributed by atoms with van der Waals surface area (Å²) in [6.07, 6.45) is 0.475. The van der Waals surface area contributed by atoms with Gasteiger partial charge in [-0.25, -0.2) is 0 Å². The van der Waals surface area contributed by atoms with Gasteiger partial charge in [-0.1, -0.05) is 42.3 Å². The zero-order valence-corrected chi connectivity index (χ0v) is 19.3. The van der Waals surface area contributed by atoms with Crippen LogP contribution in [0.4, 0.5) is 0 Å². The minimum Gasteiger partial charge on any atom is -0.484 e. The van der Waals surface area contributed by atoms with Crippen LogP contribution in [0.1, 0.15) is 37.0 Å². The molecule has 2 aromatic rings. The largest absolute Gasteiger partial charge is 0.484 e. The Kier molecular flexibility index (Phi) is 9.00. The van der Waals surface area contributed by atoms with Crippen LogP contribution in [0.25, 0.3) is 0 Å². The summed E-state index contributed by atoms with van der Waals surface area (Å²) in [6, 6.07) is 10.2. The maximum absolute atomic E-state index is 13.1. The fraction of sp³-hybridized carbons (Fsp3) is 0.391. The molecular weight excluding hydrogens is 423 g/mol. The highest BCUT2D eigenvalue weighted by molar-refractivity contribution is 6.42. The van der Waals surface area contributed by atoms with Crippen LogP contribution >= 0.6 is 23.2 Å². The number of likely N-dealkylation sites (N-methyl/N-ethyl adjacent to an activating group) is 1. The van der Waals surface area contributed by atoms with Gasteiger partial charge >= 0.3 is 0 Å². The van der Waals surface area contributed by atoms with E-state index in [1.807, 2.05) is 45.9 Å². The second kappa shape index (κ2) is 11.2. The van der Waals surface area contributed by atoms with Crippen molar-refractivity contribution in [3.63, 3.8) is 0 Å². The van der Waals surface area contributed by atoms with Gasteiger partial charge < -0.3 is 15.0 Å². The highest BCUT2D eigenvalue weighted by atomic mass is 35.5. The van der Waals surface area contributed by atoms with Gasteiger partial charge in [-0.3, -0.25) is 9.59 Å². The summed E-state index contributed by atoms with van der Waals surface area (Å²) < 4.78 is 5.73. The van der Waals surface area contributed by atoms with Gasteiger partial charge in [-0.05, 0) is 68.1 Å². The number of aryl methyl sites for hydroxylation is 2. The van der Waals surface area contributed by atoms with E-state index in [-0.39, 0.29) is 25.0 Å². The Morgan fingerprint density at radius 1 is 1.03 bits per heavy atom. The molecule has 0 fully saturated rings. The zero-order valence-electron chi connectivity index (χ0n) is 17.8. The van der Waals surface area contributed by atoms with Crippen LogP contribution in [0.15, 0.2) is 36.4 Å². The Balaban J connectivity index is 2.23. The van der Waals surface area contributed by atoms with Crippen LogP contribution in [0.2, 0.25) is 10.0 Å². The molecule has 0 heterocycles. The maximum Gasteiger partial charge on any atom is 0.261 e. The average molecular weight is 451 g/mol. The summed E-state index contributed by atoms with van der Waals surface area (Å²) in [4.78, 5) is 27.2. The van der Waals surface area contributed by atoms with Gasteiger partial charge in [0.05, 0.1) is 10.0 Å². The third-order valence-electron chi connectivity index (χ3n) is 4.91. The molecule has 0 radical (unpaired) electrons. The van der Waals surface area contributed by atoms with Crippen LogP contribution in [-0.2, 0) is 16.1 Å². The van der Waals surface area contributed by atoms with E-state index in [1.165, 1.54) is 4.90 Å². The van der Waals surface area contributed by atoms with Crippen molar-refractivity contribution in [2.24, 2.45) is 0 Å². The molecule has 2 amide bonds. The first-order valence-corrected chi connectivity index (χ1v) is 10.7. The molecule has 5 nitrogen and oxygen atoms in total. The second-order valence-corrected chi connectivity index (χ2v) is 7.94. The molecule has 162 valence electrons. The van der Waals surface area contributed by atoms with E-state index in [4.69, 9.17) is 27.9 Å². The lowest BCUT2D eigenvalue weighted by molar-refractivity contribution is -0.142. The number of nitrogens with zero attached hydrogens (tertiary/aromatic N) is 1. The average Bonchev–Trinajstić information content (AvgIpc) is 2.71. The quantitative estimate of drug-likeness (QED) is 0.588. The van der Waals surface area contributed by atoms with Crippen LogP contribution in [0, 0.1) is 13.8 Å². The van der Waals surface area contributed by atoms with Gasteiger partial charge in [-0.2, -0.15) is 0 Å². The summed E-state index contributed by atoms with van der Waals surface area (Å²) in [6.45, 7) is 8.27. The predicted molar refractivity (Wildman–Crippen MR) is 121 cm³/mol. The molecule has 0 saturated carbocycles. The molecule has 0 bridgehead atoms.